The molecule has 1 aliphatic rings. The lowest BCUT2D eigenvalue weighted by atomic mass is 10.1. The van der Waals surface area contributed by atoms with Gasteiger partial charge in [0.25, 0.3) is 5.56 Å². The van der Waals surface area contributed by atoms with Crippen molar-refractivity contribution in [2.24, 2.45) is 0 Å². The van der Waals surface area contributed by atoms with E-state index in [-0.39, 0.29) is 16.4 Å². The molecule has 3 nitrogen and oxygen atoms in total. The van der Waals surface area contributed by atoms with Crippen LogP contribution in [0.25, 0.3) is 11.4 Å². The number of rotatable bonds is 1. The van der Waals surface area contributed by atoms with Crippen LogP contribution in [0.3, 0.4) is 0 Å². The molecular weight excluding hydrogens is 294 g/mol. The molecule has 0 fully saturated rings. The number of benzene rings is 1. The first-order valence-electron chi connectivity index (χ1n) is 5.41. The van der Waals surface area contributed by atoms with Crippen molar-refractivity contribution in [2.75, 3.05) is 0 Å². The Bertz CT molecular complexity index is 732. The highest BCUT2D eigenvalue weighted by Gasteiger charge is 2.19. The second-order valence-electron chi connectivity index (χ2n) is 4.09. The van der Waals surface area contributed by atoms with Crippen LogP contribution in [-0.4, -0.2) is 9.97 Å². The van der Waals surface area contributed by atoms with E-state index in [4.69, 9.17) is 11.6 Å². The van der Waals surface area contributed by atoms with Gasteiger partial charge in [0.1, 0.15) is 17.5 Å². The molecule has 0 radical (unpaired) electrons. The zero-order chi connectivity index (χ0) is 13.6. The maximum atomic E-state index is 13.8. The molecule has 1 aromatic heterocycles. The lowest BCUT2D eigenvalue weighted by molar-refractivity contribution is 0.602. The highest BCUT2D eigenvalue weighted by atomic mass is 35.5. The second-order valence-corrected chi connectivity index (χ2v) is 5.48. The van der Waals surface area contributed by atoms with E-state index in [0.29, 0.717) is 17.1 Å². The van der Waals surface area contributed by atoms with Gasteiger partial charge in [0.05, 0.1) is 10.6 Å². The quantitative estimate of drug-likeness (QED) is 0.823. The van der Waals surface area contributed by atoms with Crippen LogP contribution in [0.2, 0.25) is 5.02 Å². The Morgan fingerprint density at radius 2 is 2.05 bits per heavy atom. The Morgan fingerprint density at radius 3 is 2.84 bits per heavy atom. The van der Waals surface area contributed by atoms with Gasteiger partial charge in [0, 0.05) is 22.8 Å². The average molecular weight is 301 g/mol. The van der Waals surface area contributed by atoms with Gasteiger partial charge in [0.2, 0.25) is 0 Å². The molecule has 1 aromatic carbocycles. The summed E-state index contributed by atoms with van der Waals surface area (Å²) in [5.74, 6) is -0.220. The predicted octanol–water partition coefficient (Wildman–Crippen LogP) is 3.12. The van der Waals surface area contributed by atoms with Crippen LogP contribution < -0.4 is 5.56 Å². The van der Waals surface area contributed by atoms with E-state index in [1.165, 1.54) is 0 Å². The second kappa shape index (κ2) is 4.61. The predicted molar refractivity (Wildman–Crippen MR) is 70.2 cm³/mol. The van der Waals surface area contributed by atoms with Crippen LogP contribution >= 0.6 is 23.4 Å². The SMILES string of the molecule is O=c1nc(-c2cc(F)c(Cl)cc2F)[nH]c2c1CSC2. The van der Waals surface area contributed by atoms with E-state index in [0.717, 1.165) is 17.8 Å². The summed E-state index contributed by atoms with van der Waals surface area (Å²) in [7, 11) is 0. The van der Waals surface area contributed by atoms with Crippen LogP contribution in [-0.2, 0) is 11.5 Å². The van der Waals surface area contributed by atoms with Crippen LogP contribution in [0.5, 0.6) is 0 Å². The van der Waals surface area contributed by atoms with Crippen LogP contribution in [0.15, 0.2) is 16.9 Å². The molecule has 2 aromatic rings. The topological polar surface area (TPSA) is 45.8 Å². The largest absolute Gasteiger partial charge is 0.342 e. The molecule has 0 unspecified atom stereocenters. The fraction of sp³-hybridized carbons (Fsp3) is 0.167. The molecule has 0 atom stereocenters. The summed E-state index contributed by atoms with van der Waals surface area (Å²) in [5.41, 5.74) is 0.820. The van der Waals surface area contributed by atoms with Crippen molar-refractivity contribution in [1.29, 1.82) is 0 Å². The van der Waals surface area contributed by atoms with Crippen molar-refractivity contribution < 1.29 is 8.78 Å². The minimum atomic E-state index is -0.754. The van der Waals surface area contributed by atoms with Gasteiger partial charge in [-0.15, -0.1) is 0 Å². The van der Waals surface area contributed by atoms with Gasteiger partial charge in [-0.25, -0.2) is 8.78 Å². The Hall–Kier alpha value is -1.40. The molecular formula is C12H7ClF2N2OS. The third-order valence-electron chi connectivity index (χ3n) is 2.86. The first-order valence-corrected chi connectivity index (χ1v) is 6.94. The van der Waals surface area contributed by atoms with Crippen molar-refractivity contribution in [3.8, 4) is 11.4 Å². The summed E-state index contributed by atoms with van der Waals surface area (Å²) in [4.78, 5) is 18.4. The highest BCUT2D eigenvalue weighted by molar-refractivity contribution is 7.98. The number of halogens is 3. The van der Waals surface area contributed by atoms with Gasteiger partial charge >= 0.3 is 0 Å². The van der Waals surface area contributed by atoms with Crippen molar-refractivity contribution in [3.63, 3.8) is 0 Å². The number of aromatic amines is 1. The number of thioether (sulfide) groups is 1. The summed E-state index contributed by atoms with van der Waals surface area (Å²) in [6.07, 6.45) is 0. The lowest BCUT2D eigenvalue weighted by Crippen LogP contribution is -2.15. The average Bonchev–Trinajstić information content (AvgIpc) is 2.82. The van der Waals surface area contributed by atoms with Crippen molar-refractivity contribution in [3.05, 3.63) is 50.4 Å². The highest BCUT2D eigenvalue weighted by Crippen LogP contribution is 2.29. The van der Waals surface area contributed by atoms with E-state index >= 15 is 0 Å². The van der Waals surface area contributed by atoms with E-state index in [1.54, 1.807) is 11.8 Å². The number of aromatic nitrogens is 2. The Kier molecular flexibility index (Phi) is 3.06. The summed E-state index contributed by atoms with van der Waals surface area (Å²) >= 11 is 7.06. The maximum absolute atomic E-state index is 13.8. The van der Waals surface area contributed by atoms with Gasteiger partial charge in [-0.2, -0.15) is 16.7 Å². The number of nitrogens with zero attached hydrogens (tertiary/aromatic N) is 1. The standard InChI is InChI=1S/C12H7ClF2N2OS/c13-7-2-8(14)5(1-9(7)15)11-16-10-4-19-3-6(10)12(18)17-11/h1-2H,3-4H2,(H,16,17,18). The summed E-state index contributed by atoms with van der Waals surface area (Å²) in [6, 6.07) is 1.80. The van der Waals surface area contributed by atoms with Gasteiger partial charge < -0.3 is 4.98 Å². The third kappa shape index (κ3) is 2.15. The van der Waals surface area contributed by atoms with E-state index in [9.17, 15) is 13.6 Å². The van der Waals surface area contributed by atoms with Crippen molar-refractivity contribution in [2.45, 2.75) is 11.5 Å². The van der Waals surface area contributed by atoms with Gasteiger partial charge in [-0.05, 0) is 12.1 Å². The number of hydrogen-bond donors (Lipinski definition) is 1. The molecule has 1 aliphatic heterocycles. The Morgan fingerprint density at radius 1 is 1.26 bits per heavy atom. The minimum Gasteiger partial charge on any atom is -0.342 e. The zero-order valence-electron chi connectivity index (χ0n) is 9.47. The molecule has 1 N–H and O–H groups in total. The van der Waals surface area contributed by atoms with Crippen molar-refractivity contribution in [1.82, 2.24) is 9.97 Å². The third-order valence-corrected chi connectivity index (χ3v) is 4.14. The zero-order valence-corrected chi connectivity index (χ0v) is 11.0. The summed E-state index contributed by atoms with van der Waals surface area (Å²) in [5, 5.41) is -0.305. The minimum absolute atomic E-state index is 0.0271. The lowest BCUT2D eigenvalue weighted by Gasteiger charge is -2.06. The molecule has 0 amide bonds. The fourth-order valence-electron chi connectivity index (χ4n) is 1.90. The van der Waals surface area contributed by atoms with Gasteiger partial charge in [-0.1, -0.05) is 11.6 Å². The van der Waals surface area contributed by atoms with Crippen LogP contribution in [0, 0.1) is 11.6 Å². The molecule has 0 bridgehead atoms. The van der Waals surface area contributed by atoms with Crippen molar-refractivity contribution >= 4 is 23.4 Å². The first kappa shape index (κ1) is 12.6. The molecule has 0 saturated carbocycles. The fourth-order valence-corrected chi connectivity index (χ4v) is 3.11. The van der Waals surface area contributed by atoms with Crippen LogP contribution in [0.4, 0.5) is 8.78 Å². The van der Waals surface area contributed by atoms with Crippen LogP contribution in [0.1, 0.15) is 11.3 Å². The Labute approximate surface area is 116 Å². The number of nitrogens with one attached hydrogen (secondary N) is 1. The monoisotopic (exact) mass is 300 g/mol. The van der Waals surface area contributed by atoms with E-state index in [2.05, 4.69) is 9.97 Å². The van der Waals surface area contributed by atoms with Gasteiger partial charge in [-0.3, -0.25) is 4.79 Å². The molecule has 2 heterocycles. The smallest absolute Gasteiger partial charge is 0.277 e. The molecule has 0 aliphatic carbocycles. The molecule has 0 spiro atoms. The summed E-state index contributed by atoms with van der Waals surface area (Å²) in [6.45, 7) is 0. The first-order chi connectivity index (χ1) is 9.06. The summed E-state index contributed by atoms with van der Waals surface area (Å²) < 4.78 is 27.2. The maximum Gasteiger partial charge on any atom is 0.277 e. The molecule has 19 heavy (non-hydrogen) atoms. The number of fused-ring (bicyclic) bond motifs is 1. The molecule has 0 saturated heterocycles. The van der Waals surface area contributed by atoms with E-state index < -0.39 is 17.2 Å². The van der Waals surface area contributed by atoms with Gasteiger partial charge in [0.15, 0.2) is 0 Å². The molecule has 98 valence electrons. The van der Waals surface area contributed by atoms with E-state index in [1.807, 2.05) is 0 Å². The molecule has 3 rings (SSSR count). The Balaban J connectivity index is 2.21. The number of hydrogen-bond acceptors (Lipinski definition) is 3. The molecule has 7 heteroatoms. The number of H-pyrrole nitrogens is 1. The normalized spacial score (nSPS) is 13.6.